The molecule has 0 atom stereocenters. The highest BCUT2D eigenvalue weighted by molar-refractivity contribution is 6.85. The maximum atomic E-state index is 2.45. The molecule has 0 spiro atoms. The lowest BCUT2D eigenvalue weighted by molar-refractivity contribution is 0.729. The molecule has 82 valence electrons. The van der Waals surface area contributed by atoms with Gasteiger partial charge < -0.3 is 0 Å². The molecule has 0 fully saturated rings. The number of rotatable bonds is 2. The minimum Gasteiger partial charge on any atom is -0.0936 e. The van der Waals surface area contributed by atoms with Crippen molar-refractivity contribution in [3.63, 3.8) is 0 Å². The van der Waals surface area contributed by atoms with Crippen molar-refractivity contribution in [2.24, 2.45) is 0 Å². The van der Waals surface area contributed by atoms with Crippen molar-refractivity contribution in [1.29, 1.82) is 0 Å². The predicted molar refractivity (Wildman–Crippen MR) is 72.7 cm³/mol. The Labute approximate surface area is 95.0 Å². The van der Waals surface area contributed by atoms with Gasteiger partial charge in [0.1, 0.15) is 0 Å². The van der Waals surface area contributed by atoms with Crippen LogP contribution in [-0.2, 0) is 0 Å². The molecule has 0 heterocycles. The fourth-order valence-corrected chi connectivity index (χ4v) is 2.23. The van der Waals surface area contributed by atoms with Crippen LogP contribution in [0.25, 0.3) is 6.08 Å². The van der Waals surface area contributed by atoms with Gasteiger partial charge in [-0.05, 0) is 10.6 Å². The molecule has 0 nitrogen and oxygen atoms in total. The molecule has 1 rings (SSSR count). The van der Waals surface area contributed by atoms with E-state index in [4.69, 9.17) is 0 Å². The molecular weight excluding hydrogens is 196 g/mol. The molecule has 0 aliphatic rings. The first-order valence-electron chi connectivity index (χ1n) is 5.57. The summed E-state index contributed by atoms with van der Waals surface area (Å²) >= 11 is 0. The number of hydrogen-bond donors (Lipinski definition) is 0. The molecule has 0 saturated carbocycles. The molecule has 0 aliphatic carbocycles. The van der Waals surface area contributed by atoms with Crippen LogP contribution in [0.4, 0.5) is 0 Å². The zero-order chi connectivity index (χ0) is 11.5. The van der Waals surface area contributed by atoms with Gasteiger partial charge in [-0.15, -0.1) is 0 Å². The van der Waals surface area contributed by atoms with E-state index < -0.39 is 8.07 Å². The molecular formula is C14H22Si. The van der Waals surface area contributed by atoms with Crippen LogP contribution in [0.5, 0.6) is 0 Å². The summed E-state index contributed by atoms with van der Waals surface area (Å²) in [5.41, 5.74) is 3.75. The van der Waals surface area contributed by atoms with Crippen molar-refractivity contribution in [3.05, 3.63) is 41.6 Å². The Morgan fingerprint density at radius 2 is 1.53 bits per heavy atom. The Morgan fingerprint density at radius 3 is 2.00 bits per heavy atom. The van der Waals surface area contributed by atoms with Crippen LogP contribution in [0.3, 0.4) is 0 Å². The monoisotopic (exact) mass is 218 g/mol. The molecule has 1 aromatic rings. The first-order valence-corrected chi connectivity index (χ1v) is 8.65. The Morgan fingerprint density at radius 1 is 1.00 bits per heavy atom. The summed E-state index contributed by atoms with van der Waals surface area (Å²) in [6.07, 6.45) is 2.28. The lowest BCUT2D eigenvalue weighted by Crippen LogP contribution is -2.34. The van der Waals surface area contributed by atoms with Gasteiger partial charge in [-0.2, -0.15) is 0 Å². The maximum absolute atomic E-state index is 2.45. The van der Waals surface area contributed by atoms with Crippen LogP contribution in [0.2, 0.25) is 18.1 Å². The van der Waals surface area contributed by atoms with Crippen molar-refractivity contribution in [2.45, 2.75) is 38.9 Å². The van der Waals surface area contributed by atoms with E-state index in [0.29, 0.717) is 5.04 Å². The highest BCUT2D eigenvalue weighted by atomic mass is 28.3. The average Bonchev–Trinajstić information content (AvgIpc) is 2.15. The van der Waals surface area contributed by atoms with E-state index in [2.05, 4.69) is 76.0 Å². The summed E-state index contributed by atoms with van der Waals surface area (Å²) in [4.78, 5) is 0. The first kappa shape index (κ1) is 12.2. The molecule has 0 unspecified atom stereocenters. The Balaban J connectivity index is 2.83. The van der Waals surface area contributed by atoms with Crippen LogP contribution in [0, 0.1) is 0 Å². The van der Waals surface area contributed by atoms with Crippen molar-refractivity contribution in [1.82, 2.24) is 0 Å². The quantitative estimate of drug-likeness (QED) is 0.629. The Kier molecular flexibility index (Phi) is 3.56. The topological polar surface area (TPSA) is 0 Å². The second kappa shape index (κ2) is 4.36. The summed E-state index contributed by atoms with van der Waals surface area (Å²) in [7, 11) is -1.27. The fourth-order valence-electron chi connectivity index (χ4n) is 1.12. The van der Waals surface area contributed by atoms with E-state index in [-0.39, 0.29) is 0 Å². The van der Waals surface area contributed by atoms with Gasteiger partial charge in [-0.25, -0.2) is 0 Å². The van der Waals surface area contributed by atoms with Gasteiger partial charge >= 0.3 is 0 Å². The number of benzene rings is 1. The molecule has 0 amide bonds. The van der Waals surface area contributed by atoms with Gasteiger partial charge in [0.05, 0.1) is 8.07 Å². The molecule has 0 bridgehead atoms. The van der Waals surface area contributed by atoms with Crippen molar-refractivity contribution in [3.8, 4) is 0 Å². The summed E-state index contributed by atoms with van der Waals surface area (Å²) in [6.45, 7) is 11.9. The lowest BCUT2D eigenvalue weighted by Gasteiger charge is -2.34. The van der Waals surface area contributed by atoms with Crippen LogP contribution < -0.4 is 0 Å². The summed E-state index contributed by atoms with van der Waals surface area (Å²) in [6, 6.07) is 10.5. The smallest absolute Gasteiger partial charge is 0.0770 e. The summed E-state index contributed by atoms with van der Waals surface area (Å²) in [5, 5.41) is 0.429. The lowest BCUT2D eigenvalue weighted by atomic mass is 10.2. The highest BCUT2D eigenvalue weighted by Crippen LogP contribution is 2.36. The Bertz CT molecular complexity index is 328. The van der Waals surface area contributed by atoms with E-state index >= 15 is 0 Å². The zero-order valence-corrected chi connectivity index (χ0v) is 11.5. The molecule has 0 radical (unpaired) electrons. The second-order valence-electron chi connectivity index (χ2n) is 5.72. The van der Waals surface area contributed by atoms with Gasteiger partial charge in [0.2, 0.25) is 0 Å². The van der Waals surface area contributed by atoms with Gasteiger partial charge in [-0.1, -0.05) is 76.0 Å². The van der Waals surface area contributed by atoms with E-state index in [0.717, 1.165) is 0 Å². The van der Waals surface area contributed by atoms with Crippen molar-refractivity contribution in [2.75, 3.05) is 0 Å². The van der Waals surface area contributed by atoms with Gasteiger partial charge in [0.15, 0.2) is 0 Å². The van der Waals surface area contributed by atoms with Gasteiger partial charge in [0.25, 0.3) is 0 Å². The molecule has 0 aliphatic heterocycles. The largest absolute Gasteiger partial charge is 0.0936 e. The zero-order valence-electron chi connectivity index (χ0n) is 10.5. The van der Waals surface area contributed by atoms with E-state index in [9.17, 15) is 0 Å². The third-order valence-corrected chi connectivity index (χ3v) is 8.29. The van der Waals surface area contributed by atoms with Crippen LogP contribution in [0.1, 0.15) is 26.3 Å². The van der Waals surface area contributed by atoms with Gasteiger partial charge in [0, 0.05) is 0 Å². The standard InChI is InChI=1S/C14H22Si/c1-14(2,3)15(4,5)12-11-13-9-7-6-8-10-13/h6-12H,1-5H3/b12-11-. The Hall–Kier alpha value is -0.823. The number of hydrogen-bond acceptors (Lipinski definition) is 0. The normalized spacial score (nSPS) is 13.4. The third-order valence-electron chi connectivity index (χ3n) is 3.43. The predicted octanol–water partition coefficient (Wildman–Crippen LogP) is 4.75. The van der Waals surface area contributed by atoms with E-state index in [1.165, 1.54) is 5.56 Å². The minimum atomic E-state index is -1.27. The molecule has 15 heavy (non-hydrogen) atoms. The first-order chi connectivity index (χ1) is 6.83. The minimum absolute atomic E-state index is 0.429. The SMILES string of the molecule is CC(C)(C)[Si](C)(C)/C=C\c1ccccc1. The molecule has 1 aromatic carbocycles. The third kappa shape index (κ3) is 3.35. The van der Waals surface area contributed by atoms with Crippen LogP contribution in [-0.4, -0.2) is 8.07 Å². The summed E-state index contributed by atoms with van der Waals surface area (Å²) < 4.78 is 0. The van der Waals surface area contributed by atoms with E-state index in [1.807, 2.05) is 0 Å². The van der Waals surface area contributed by atoms with Crippen LogP contribution >= 0.6 is 0 Å². The summed E-state index contributed by atoms with van der Waals surface area (Å²) in [5.74, 6) is 0. The fraction of sp³-hybridized carbons (Fsp3) is 0.429. The van der Waals surface area contributed by atoms with E-state index in [1.54, 1.807) is 0 Å². The van der Waals surface area contributed by atoms with Crippen molar-refractivity contribution < 1.29 is 0 Å². The van der Waals surface area contributed by atoms with Gasteiger partial charge in [-0.3, -0.25) is 0 Å². The maximum Gasteiger partial charge on any atom is 0.0770 e. The van der Waals surface area contributed by atoms with Crippen molar-refractivity contribution >= 4 is 14.1 Å². The average molecular weight is 218 g/mol. The molecule has 0 saturated heterocycles. The molecule has 0 aromatic heterocycles. The second-order valence-corrected chi connectivity index (χ2v) is 11.0. The molecule has 1 heteroatoms. The van der Waals surface area contributed by atoms with Crippen LogP contribution in [0.15, 0.2) is 36.0 Å². The molecule has 0 N–H and O–H groups in total. The highest BCUT2D eigenvalue weighted by Gasteiger charge is 2.32.